The first-order valence-electron chi connectivity index (χ1n) is 13.5. The van der Waals surface area contributed by atoms with E-state index in [-0.39, 0.29) is 23.7 Å². The Morgan fingerprint density at radius 2 is 1.56 bits per heavy atom. The number of anilines is 1. The molecule has 1 aromatic heterocycles. The zero-order valence-corrected chi connectivity index (χ0v) is 23.1. The Kier molecular flexibility index (Phi) is 8.74. The van der Waals surface area contributed by atoms with Gasteiger partial charge in [0.1, 0.15) is 5.60 Å². The molecule has 4 rings (SSSR count). The van der Waals surface area contributed by atoms with Crippen LogP contribution in [0, 0.1) is 0 Å². The number of nitrogens with one attached hydrogen (secondary N) is 2. The molecule has 0 unspecified atom stereocenters. The van der Waals surface area contributed by atoms with Crippen molar-refractivity contribution < 1.29 is 14.3 Å². The van der Waals surface area contributed by atoms with E-state index in [0.717, 1.165) is 48.1 Å². The summed E-state index contributed by atoms with van der Waals surface area (Å²) in [6, 6.07) is 20.9. The molecule has 2 N–H and O–H groups in total. The number of amides is 3. The molecule has 8 heteroatoms. The van der Waals surface area contributed by atoms with Crippen molar-refractivity contribution in [1.82, 2.24) is 15.2 Å². The van der Waals surface area contributed by atoms with Crippen LogP contribution in [0.1, 0.15) is 52.0 Å². The molecule has 1 aliphatic carbocycles. The number of benzene rings is 2. The number of aryl methyl sites for hydroxylation is 1. The lowest BCUT2D eigenvalue weighted by Gasteiger charge is -2.37. The maximum atomic E-state index is 13.6. The number of carbonyl (C=O) groups is 2. The lowest BCUT2D eigenvalue weighted by molar-refractivity contribution is 0.0491. The molecule has 3 amide bonds. The fourth-order valence-electron chi connectivity index (χ4n) is 4.88. The van der Waals surface area contributed by atoms with E-state index in [4.69, 9.17) is 4.74 Å². The second kappa shape index (κ2) is 12.2. The Hall–Kier alpha value is -4.07. The number of hydrogen-bond donors (Lipinski definition) is 2. The number of nitrogens with zero attached hydrogens (tertiary/aromatic N) is 2. The van der Waals surface area contributed by atoms with Crippen LogP contribution in [-0.2, 0) is 18.3 Å². The zero-order chi connectivity index (χ0) is 28.0. The Morgan fingerprint density at radius 1 is 0.923 bits per heavy atom. The normalized spacial score (nSPS) is 17.2. The minimum atomic E-state index is -0.546. The number of urea groups is 1. The number of ether oxygens (including phenoxy) is 1. The van der Waals surface area contributed by atoms with Gasteiger partial charge < -0.3 is 19.9 Å². The Bertz CT molecular complexity index is 1320. The van der Waals surface area contributed by atoms with Crippen molar-refractivity contribution in [1.29, 1.82) is 0 Å². The van der Waals surface area contributed by atoms with Crippen molar-refractivity contribution in [3.63, 3.8) is 0 Å². The molecule has 2 aromatic carbocycles. The maximum Gasteiger partial charge on any atom is 0.407 e. The second-order valence-electron chi connectivity index (χ2n) is 11.1. The summed E-state index contributed by atoms with van der Waals surface area (Å²) in [5, 5.41) is 6.06. The zero-order valence-electron chi connectivity index (χ0n) is 23.1. The summed E-state index contributed by atoms with van der Waals surface area (Å²) in [4.78, 5) is 39.4. The van der Waals surface area contributed by atoms with Crippen LogP contribution in [0.4, 0.5) is 15.3 Å². The molecule has 206 valence electrons. The minimum absolute atomic E-state index is 0.0115. The molecule has 0 aliphatic heterocycles. The van der Waals surface area contributed by atoms with Gasteiger partial charge in [-0.1, -0.05) is 42.5 Å². The van der Waals surface area contributed by atoms with Gasteiger partial charge in [0.25, 0.3) is 0 Å². The molecule has 0 saturated heterocycles. The average molecular weight is 531 g/mol. The number of carbonyl (C=O) groups excluding carboxylic acids is 2. The van der Waals surface area contributed by atoms with Crippen LogP contribution in [0.25, 0.3) is 11.1 Å². The van der Waals surface area contributed by atoms with E-state index in [1.807, 2.05) is 80.3 Å². The fourth-order valence-corrected chi connectivity index (χ4v) is 4.88. The molecule has 1 heterocycles. The van der Waals surface area contributed by atoms with Crippen LogP contribution in [0.15, 0.2) is 77.7 Å². The third-order valence-electron chi connectivity index (χ3n) is 6.85. The van der Waals surface area contributed by atoms with Crippen molar-refractivity contribution >= 4 is 17.8 Å². The van der Waals surface area contributed by atoms with Crippen molar-refractivity contribution in [2.45, 2.75) is 70.7 Å². The van der Waals surface area contributed by atoms with Crippen LogP contribution in [0.2, 0.25) is 0 Å². The average Bonchev–Trinajstić information content (AvgIpc) is 2.90. The van der Waals surface area contributed by atoms with Crippen LogP contribution >= 0.6 is 0 Å². The summed E-state index contributed by atoms with van der Waals surface area (Å²) in [5.41, 5.74) is 3.11. The van der Waals surface area contributed by atoms with Crippen molar-refractivity contribution in [3.8, 4) is 11.1 Å². The predicted octanol–water partition coefficient (Wildman–Crippen LogP) is 5.60. The van der Waals surface area contributed by atoms with Gasteiger partial charge in [-0.05, 0) is 81.3 Å². The number of pyridine rings is 1. The van der Waals surface area contributed by atoms with Gasteiger partial charge in [-0.15, -0.1) is 0 Å². The van der Waals surface area contributed by atoms with E-state index in [9.17, 15) is 14.4 Å². The molecule has 0 spiro atoms. The molecule has 1 saturated carbocycles. The summed E-state index contributed by atoms with van der Waals surface area (Å²) in [6.45, 7) is 5.97. The first-order chi connectivity index (χ1) is 18.6. The first-order valence-corrected chi connectivity index (χ1v) is 13.5. The SMILES string of the molecule is Cn1cc(-c2ccc(N(C(=O)NCc3ccccc3)[C@H]3CC[C@H](NC(=O)OC(C)(C)C)CC3)cc2)ccc1=O. The summed E-state index contributed by atoms with van der Waals surface area (Å²) in [6.07, 6.45) is 4.41. The highest BCUT2D eigenvalue weighted by Crippen LogP contribution is 2.30. The van der Waals surface area contributed by atoms with Crippen LogP contribution in [0.3, 0.4) is 0 Å². The highest BCUT2D eigenvalue weighted by molar-refractivity contribution is 5.93. The summed E-state index contributed by atoms with van der Waals surface area (Å²) in [5.74, 6) is 0. The van der Waals surface area contributed by atoms with Gasteiger partial charge in [-0.3, -0.25) is 9.69 Å². The smallest absolute Gasteiger partial charge is 0.407 e. The summed E-state index contributed by atoms with van der Waals surface area (Å²) in [7, 11) is 1.73. The molecule has 1 aliphatic rings. The van der Waals surface area contributed by atoms with Gasteiger partial charge in [0.05, 0.1) is 0 Å². The highest BCUT2D eigenvalue weighted by atomic mass is 16.6. The molecule has 3 aromatic rings. The molecular formula is C31H38N4O4. The van der Waals surface area contributed by atoms with Crippen LogP contribution < -0.4 is 21.1 Å². The number of hydrogen-bond acceptors (Lipinski definition) is 4. The van der Waals surface area contributed by atoms with Gasteiger partial charge in [-0.2, -0.15) is 0 Å². The number of alkyl carbamates (subject to hydrolysis) is 1. The van der Waals surface area contributed by atoms with Gasteiger partial charge >= 0.3 is 12.1 Å². The Balaban J connectivity index is 1.49. The van der Waals surface area contributed by atoms with E-state index in [0.29, 0.717) is 6.54 Å². The van der Waals surface area contributed by atoms with E-state index in [1.54, 1.807) is 29.9 Å². The molecular weight excluding hydrogens is 492 g/mol. The maximum absolute atomic E-state index is 13.6. The molecule has 0 bridgehead atoms. The van der Waals surface area contributed by atoms with Crippen molar-refractivity contribution in [2.75, 3.05) is 4.90 Å². The van der Waals surface area contributed by atoms with Gasteiger partial charge in [-0.25, -0.2) is 9.59 Å². The third kappa shape index (κ3) is 7.72. The molecule has 0 radical (unpaired) electrons. The molecule has 39 heavy (non-hydrogen) atoms. The van der Waals surface area contributed by atoms with E-state index >= 15 is 0 Å². The predicted molar refractivity (Wildman–Crippen MR) is 154 cm³/mol. The van der Waals surface area contributed by atoms with Crippen molar-refractivity contribution in [3.05, 3.63) is 88.8 Å². The largest absolute Gasteiger partial charge is 0.444 e. The topological polar surface area (TPSA) is 92.7 Å². The summed E-state index contributed by atoms with van der Waals surface area (Å²) < 4.78 is 6.97. The highest BCUT2D eigenvalue weighted by Gasteiger charge is 2.31. The Morgan fingerprint density at radius 3 is 2.18 bits per heavy atom. The lowest BCUT2D eigenvalue weighted by Crippen LogP contribution is -2.50. The monoisotopic (exact) mass is 530 g/mol. The number of rotatable bonds is 6. The summed E-state index contributed by atoms with van der Waals surface area (Å²) >= 11 is 0. The molecule has 0 atom stereocenters. The van der Waals surface area contributed by atoms with Gasteiger partial charge in [0, 0.05) is 43.6 Å². The Labute approximate surface area is 230 Å². The molecule has 8 nitrogen and oxygen atoms in total. The quantitative estimate of drug-likeness (QED) is 0.434. The molecule has 1 fully saturated rings. The van der Waals surface area contributed by atoms with E-state index < -0.39 is 11.7 Å². The van der Waals surface area contributed by atoms with Gasteiger partial charge in [0.2, 0.25) is 5.56 Å². The lowest BCUT2D eigenvalue weighted by atomic mass is 9.90. The van der Waals surface area contributed by atoms with Crippen LogP contribution in [-0.4, -0.2) is 34.4 Å². The third-order valence-corrected chi connectivity index (χ3v) is 6.85. The second-order valence-corrected chi connectivity index (χ2v) is 11.1. The number of aromatic nitrogens is 1. The van der Waals surface area contributed by atoms with Crippen molar-refractivity contribution in [2.24, 2.45) is 7.05 Å². The van der Waals surface area contributed by atoms with Crippen LogP contribution in [0.5, 0.6) is 0 Å². The standard InChI is InChI=1S/C31H38N4O4/c1-31(2,3)39-30(38)33-25-13-17-27(18-14-25)35(29(37)32-20-22-8-6-5-7-9-22)26-15-10-23(11-16-26)24-12-19-28(36)34(4)21-24/h5-12,15-16,19,21,25,27H,13-14,17-18,20H2,1-4H3,(H,32,37)(H,33,38)/t25-,27-. The van der Waals surface area contributed by atoms with E-state index in [2.05, 4.69) is 10.6 Å². The fraction of sp³-hybridized carbons (Fsp3) is 0.387. The van der Waals surface area contributed by atoms with E-state index in [1.165, 1.54) is 0 Å². The minimum Gasteiger partial charge on any atom is -0.444 e. The van der Waals surface area contributed by atoms with Gasteiger partial charge in [0.15, 0.2) is 0 Å². The first kappa shape index (κ1) is 28.0.